The summed E-state index contributed by atoms with van der Waals surface area (Å²) >= 11 is 1.58. The van der Waals surface area contributed by atoms with Gasteiger partial charge in [-0.2, -0.15) is 0 Å². The number of thiazole rings is 1. The van der Waals surface area contributed by atoms with Crippen LogP contribution >= 0.6 is 11.3 Å². The number of rotatable bonds is 14. The number of nitrogens with one attached hydrogen (secondary N) is 3. The van der Waals surface area contributed by atoms with E-state index in [1.807, 2.05) is 103 Å². The Balaban J connectivity index is 1.22. The lowest BCUT2D eigenvalue weighted by Crippen LogP contribution is -2.57. The highest BCUT2D eigenvalue weighted by Gasteiger charge is 2.44. The van der Waals surface area contributed by atoms with Crippen molar-refractivity contribution in [2.24, 2.45) is 5.41 Å². The summed E-state index contributed by atoms with van der Waals surface area (Å²) in [6.45, 7) is 13.8. The average Bonchev–Trinajstić information content (AvgIpc) is 3.69. The molecule has 1 fully saturated rings. The van der Waals surface area contributed by atoms with Gasteiger partial charge in [0.15, 0.2) is 0 Å². The first-order valence-corrected chi connectivity index (χ1v) is 19.0. The van der Waals surface area contributed by atoms with Crippen LogP contribution in [0.25, 0.3) is 10.4 Å². The van der Waals surface area contributed by atoms with E-state index in [4.69, 9.17) is 4.74 Å². The molecular formula is C40H55N5O6S. The van der Waals surface area contributed by atoms with Crippen molar-refractivity contribution in [3.63, 3.8) is 0 Å². The van der Waals surface area contributed by atoms with Crippen molar-refractivity contribution < 1.29 is 29.0 Å². The highest BCUT2D eigenvalue weighted by atomic mass is 32.1. The zero-order valence-electron chi connectivity index (χ0n) is 31.6. The van der Waals surface area contributed by atoms with Gasteiger partial charge in [0.25, 0.3) is 0 Å². The van der Waals surface area contributed by atoms with Crippen molar-refractivity contribution in [2.75, 3.05) is 6.54 Å². The van der Waals surface area contributed by atoms with E-state index in [0.29, 0.717) is 13.0 Å². The molecule has 52 heavy (non-hydrogen) atoms. The molecule has 4 N–H and O–H groups in total. The molecule has 282 valence electrons. The fraction of sp³-hybridized carbons (Fsp3) is 0.525. The van der Waals surface area contributed by atoms with Crippen molar-refractivity contribution >= 4 is 35.2 Å². The molecule has 0 aliphatic carbocycles. The van der Waals surface area contributed by atoms with Crippen molar-refractivity contribution in [3.05, 3.63) is 76.4 Å². The molecule has 11 nitrogen and oxygen atoms in total. The number of aliphatic hydroxyl groups excluding tert-OH is 1. The Morgan fingerprint density at radius 1 is 0.904 bits per heavy atom. The number of likely N-dealkylation sites (tertiary alicyclic amines) is 1. The number of hydrogen-bond acceptors (Lipinski definition) is 8. The van der Waals surface area contributed by atoms with Gasteiger partial charge in [0.1, 0.15) is 17.7 Å². The minimum Gasteiger partial charge on any atom is -0.444 e. The minimum absolute atomic E-state index is 0.0313. The van der Waals surface area contributed by atoms with Crippen molar-refractivity contribution in [3.8, 4) is 10.4 Å². The van der Waals surface area contributed by atoms with Gasteiger partial charge in [0.2, 0.25) is 17.7 Å². The third-order valence-electron chi connectivity index (χ3n) is 8.94. The summed E-state index contributed by atoms with van der Waals surface area (Å²) < 4.78 is 5.28. The maximum absolute atomic E-state index is 13.9. The van der Waals surface area contributed by atoms with Gasteiger partial charge in [-0.25, -0.2) is 9.78 Å². The number of carbonyl (C=O) groups excluding carboxylic acids is 4. The number of alkyl carbamates (subject to hydrolysis) is 1. The van der Waals surface area contributed by atoms with E-state index in [2.05, 4.69) is 20.9 Å². The van der Waals surface area contributed by atoms with Crippen LogP contribution in [-0.2, 0) is 38.6 Å². The Morgan fingerprint density at radius 3 is 2.12 bits per heavy atom. The third kappa shape index (κ3) is 12.2. The smallest absolute Gasteiger partial charge is 0.407 e. The number of aromatic nitrogens is 1. The number of unbranched alkanes of at least 4 members (excludes halogenated alkanes) is 2. The summed E-state index contributed by atoms with van der Waals surface area (Å²) in [4.78, 5) is 59.1. The first kappa shape index (κ1) is 40.5. The van der Waals surface area contributed by atoms with Gasteiger partial charge in [-0.3, -0.25) is 14.4 Å². The standard InChI is InChI=1S/C40H55N5O6S/c1-26-34(52-25-43-26)30-19-17-29(18-20-30)22-41-36(48)32-21-31(46)24-45(32)37(49)35(39(2,3)4)44-33(47)12-10-8-9-11-27-13-15-28(16-14-27)23-42-38(50)51-40(5,6)7/h13-20,25,31-32,35,46H,8-12,21-24H2,1-7H3,(H,41,48)(H,42,50)(H,44,47)/t31-,32+,35?/m1/s1. The van der Waals surface area contributed by atoms with E-state index in [9.17, 15) is 24.3 Å². The summed E-state index contributed by atoms with van der Waals surface area (Å²) in [5.74, 6) is -0.919. The number of carbonyl (C=O) groups is 4. The largest absolute Gasteiger partial charge is 0.444 e. The topological polar surface area (TPSA) is 150 Å². The Labute approximate surface area is 311 Å². The Bertz CT molecular complexity index is 1660. The lowest BCUT2D eigenvalue weighted by atomic mass is 9.85. The molecule has 0 radical (unpaired) electrons. The molecule has 0 bridgehead atoms. The quantitative estimate of drug-likeness (QED) is 0.147. The molecule has 0 saturated carbocycles. The normalized spacial score (nSPS) is 16.7. The molecule has 1 saturated heterocycles. The number of β-amino-alcohol motifs (C(OH)–C–C–N with tert-alkyl or cyclic N) is 1. The van der Waals surface area contributed by atoms with Crippen LogP contribution in [0.2, 0.25) is 0 Å². The van der Waals surface area contributed by atoms with Crippen molar-refractivity contribution in [2.45, 2.75) is 124 Å². The van der Waals surface area contributed by atoms with Gasteiger partial charge in [-0.1, -0.05) is 75.7 Å². The molecule has 2 aromatic carbocycles. The van der Waals surface area contributed by atoms with E-state index in [1.54, 1.807) is 11.3 Å². The van der Waals surface area contributed by atoms with Crippen LogP contribution in [0.5, 0.6) is 0 Å². The second-order valence-corrected chi connectivity index (χ2v) is 16.5. The summed E-state index contributed by atoms with van der Waals surface area (Å²) in [7, 11) is 0. The molecular weight excluding hydrogens is 679 g/mol. The van der Waals surface area contributed by atoms with E-state index >= 15 is 0 Å². The summed E-state index contributed by atoms with van der Waals surface area (Å²) in [6.07, 6.45) is 2.43. The van der Waals surface area contributed by atoms with Gasteiger partial charge in [0, 0.05) is 32.5 Å². The van der Waals surface area contributed by atoms with Gasteiger partial charge >= 0.3 is 6.09 Å². The van der Waals surface area contributed by atoms with Gasteiger partial charge in [-0.15, -0.1) is 11.3 Å². The van der Waals surface area contributed by atoms with E-state index in [1.165, 1.54) is 10.5 Å². The van der Waals surface area contributed by atoms with E-state index in [0.717, 1.165) is 46.5 Å². The van der Waals surface area contributed by atoms with Crippen LogP contribution in [0.1, 0.15) is 96.0 Å². The van der Waals surface area contributed by atoms with Crippen LogP contribution in [0.15, 0.2) is 54.0 Å². The molecule has 1 unspecified atom stereocenters. The number of aryl methyl sites for hydroxylation is 2. The predicted octanol–water partition coefficient (Wildman–Crippen LogP) is 6.06. The predicted molar refractivity (Wildman–Crippen MR) is 203 cm³/mol. The van der Waals surface area contributed by atoms with Crippen molar-refractivity contribution in [1.82, 2.24) is 25.8 Å². The first-order chi connectivity index (χ1) is 24.5. The molecule has 4 rings (SSSR count). The second kappa shape index (κ2) is 18.0. The number of nitrogens with zero attached hydrogens (tertiary/aromatic N) is 2. The fourth-order valence-corrected chi connectivity index (χ4v) is 6.93. The third-order valence-corrected chi connectivity index (χ3v) is 9.92. The number of hydrogen-bond donors (Lipinski definition) is 4. The van der Waals surface area contributed by atoms with Gasteiger partial charge in [0.05, 0.1) is 22.2 Å². The highest BCUT2D eigenvalue weighted by Crippen LogP contribution is 2.28. The molecule has 12 heteroatoms. The number of ether oxygens (including phenoxy) is 1. The Hall–Kier alpha value is -4.29. The first-order valence-electron chi connectivity index (χ1n) is 18.1. The van der Waals surface area contributed by atoms with Crippen LogP contribution in [0.4, 0.5) is 4.79 Å². The van der Waals surface area contributed by atoms with Gasteiger partial charge < -0.3 is 30.7 Å². The average molecular weight is 734 g/mol. The Kier molecular flexibility index (Phi) is 14.0. The zero-order valence-corrected chi connectivity index (χ0v) is 32.4. The lowest BCUT2D eigenvalue weighted by molar-refractivity contribution is -0.144. The molecule has 4 amide bonds. The van der Waals surface area contributed by atoms with Gasteiger partial charge in [-0.05, 0) is 74.6 Å². The molecule has 3 atom stereocenters. The molecule has 1 aliphatic rings. The monoisotopic (exact) mass is 733 g/mol. The number of benzene rings is 2. The molecule has 2 heterocycles. The lowest BCUT2D eigenvalue weighted by Gasteiger charge is -2.35. The van der Waals surface area contributed by atoms with Crippen LogP contribution in [0, 0.1) is 12.3 Å². The molecule has 1 aliphatic heterocycles. The zero-order chi connectivity index (χ0) is 38.1. The molecule has 1 aromatic heterocycles. The maximum Gasteiger partial charge on any atom is 0.407 e. The summed E-state index contributed by atoms with van der Waals surface area (Å²) in [6, 6.07) is 14.3. The van der Waals surface area contributed by atoms with Crippen molar-refractivity contribution in [1.29, 1.82) is 0 Å². The Morgan fingerprint density at radius 2 is 1.52 bits per heavy atom. The fourth-order valence-electron chi connectivity index (χ4n) is 6.12. The van der Waals surface area contributed by atoms with E-state index in [-0.39, 0.29) is 43.7 Å². The highest BCUT2D eigenvalue weighted by molar-refractivity contribution is 7.13. The maximum atomic E-state index is 13.9. The molecule has 3 aromatic rings. The van der Waals surface area contributed by atoms with Crippen LogP contribution in [-0.4, -0.2) is 69.1 Å². The number of aliphatic hydroxyl groups is 1. The summed E-state index contributed by atoms with van der Waals surface area (Å²) in [5, 5.41) is 19.2. The van der Waals surface area contributed by atoms with E-state index < -0.39 is 35.3 Å². The summed E-state index contributed by atoms with van der Waals surface area (Å²) in [5.41, 5.74) is 5.77. The second-order valence-electron chi connectivity index (χ2n) is 15.7. The SMILES string of the molecule is Cc1ncsc1-c1ccc(CNC(=O)[C@@H]2C[C@@H](O)CN2C(=O)C(NC(=O)CCCCCc2ccc(CNC(=O)OC(C)(C)C)cc2)C(C)(C)C)cc1. The minimum atomic E-state index is -0.855. The number of amides is 4. The van der Waals surface area contributed by atoms with Crippen LogP contribution < -0.4 is 16.0 Å². The molecule has 0 spiro atoms. The van der Waals surface area contributed by atoms with Crippen LogP contribution in [0.3, 0.4) is 0 Å².